The van der Waals surface area contributed by atoms with E-state index in [1.54, 1.807) is 31.0 Å². The Bertz CT molecular complexity index is 630. The Morgan fingerprint density at radius 1 is 1.18 bits per heavy atom. The van der Waals surface area contributed by atoms with Gasteiger partial charge in [-0.2, -0.15) is 0 Å². The maximum absolute atomic E-state index is 4.99. The minimum atomic E-state index is 0.538. The second-order valence-corrected chi connectivity index (χ2v) is 6.88. The molecule has 0 radical (unpaired) electrons. The van der Waals surface area contributed by atoms with E-state index in [0.717, 1.165) is 20.9 Å². The van der Waals surface area contributed by atoms with Crippen LogP contribution in [0.3, 0.4) is 0 Å². The number of ether oxygens (including phenoxy) is 1. The van der Waals surface area contributed by atoms with Crippen LogP contribution in [0.1, 0.15) is 49.8 Å². The number of methoxy groups -OCH3 is 1. The van der Waals surface area contributed by atoms with Gasteiger partial charge in [-0.25, -0.2) is 9.97 Å². The van der Waals surface area contributed by atoms with Crippen molar-refractivity contribution in [2.75, 3.05) is 12.4 Å². The summed E-state index contributed by atoms with van der Waals surface area (Å²) in [7, 11) is 1.66. The first kappa shape index (κ1) is 15.3. The summed E-state index contributed by atoms with van der Waals surface area (Å²) in [5.74, 6) is 0.976. The van der Waals surface area contributed by atoms with Crippen LogP contribution < -0.4 is 5.32 Å². The SMILES string of the molecule is COC=Cc1cc2c(NC3CCCCCCC3)ncnc2s1. The molecule has 0 saturated heterocycles. The molecule has 1 aliphatic rings. The van der Waals surface area contributed by atoms with Gasteiger partial charge in [0.05, 0.1) is 18.8 Å². The van der Waals surface area contributed by atoms with Crippen LogP contribution in [0.25, 0.3) is 16.3 Å². The van der Waals surface area contributed by atoms with Crippen molar-refractivity contribution in [2.45, 2.75) is 51.0 Å². The van der Waals surface area contributed by atoms with Gasteiger partial charge in [0, 0.05) is 10.9 Å². The van der Waals surface area contributed by atoms with Crippen molar-refractivity contribution in [1.82, 2.24) is 9.97 Å². The molecule has 0 unspecified atom stereocenters. The molecule has 22 heavy (non-hydrogen) atoms. The Morgan fingerprint density at radius 3 is 2.73 bits per heavy atom. The van der Waals surface area contributed by atoms with E-state index in [2.05, 4.69) is 21.4 Å². The molecule has 0 aromatic carbocycles. The van der Waals surface area contributed by atoms with Gasteiger partial charge in [0.25, 0.3) is 0 Å². The molecule has 0 bridgehead atoms. The zero-order chi connectivity index (χ0) is 15.2. The summed E-state index contributed by atoms with van der Waals surface area (Å²) in [6.45, 7) is 0. The minimum Gasteiger partial charge on any atom is -0.504 e. The van der Waals surface area contributed by atoms with Crippen LogP contribution in [-0.4, -0.2) is 23.1 Å². The molecule has 2 heterocycles. The molecule has 2 aromatic rings. The Hall–Kier alpha value is -1.62. The summed E-state index contributed by atoms with van der Waals surface area (Å²) < 4.78 is 4.99. The predicted molar refractivity (Wildman–Crippen MR) is 93.2 cm³/mol. The maximum Gasteiger partial charge on any atom is 0.138 e. The van der Waals surface area contributed by atoms with E-state index in [0.29, 0.717) is 6.04 Å². The number of anilines is 1. The number of nitrogens with zero attached hydrogens (tertiary/aromatic N) is 2. The maximum atomic E-state index is 4.99. The van der Waals surface area contributed by atoms with E-state index >= 15 is 0 Å². The average Bonchev–Trinajstić information content (AvgIpc) is 2.91. The fourth-order valence-corrected chi connectivity index (χ4v) is 3.89. The third kappa shape index (κ3) is 3.77. The molecule has 0 amide bonds. The Kier molecular flexibility index (Phi) is 5.27. The van der Waals surface area contributed by atoms with Crippen LogP contribution in [0.4, 0.5) is 5.82 Å². The summed E-state index contributed by atoms with van der Waals surface area (Å²) in [6.07, 6.45) is 14.6. The van der Waals surface area contributed by atoms with Gasteiger partial charge in [-0.05, 0) is 25.0 Å². The summed E-state index contributed by atoms with van der Waals surface area (Å²) in [4.78, 5) is 11.0. The number of rotatable bonds is 4. The highest BCUT2D eigenvalue weighted by Crippen LogP contribution is 2.30. The Morgan fingerprint density at radius 2 is 1.95 bits per heavy atom. The lowest BCUT2D eigenvalue weighted by Gasteiger charge is -2.21. The van der Waals surface area contributed by atoms with Gasteiger partial charge in [-0.15, -0.1) is 11.3 Å². The normalized spacial score (nSPS) is 17.5. The molecule has 0 aliphatic heterocycles. The standard InChI is InChI=1S/C17H23N3OS/c1-21-10-9-14-11-15-16(18-12-19-17(15)22-14)20-13-7-5-3-2-4-6-8-13/h9-13H,2-8H2,1H3,(H,18,19,20). The molecule has 1 N–H and O–H groups in total. The van der Waals surface area contributed by atoms with Crippen LogP contribution >= 0.6 is 11.3 Å². The van der Waals surface area contributed by atoms with Gasteiger partial charge in [0.15, 0.2) is 0 Å². The van der Waals surface area contributed by atoms with Crippen LogP contribution in [0.15, 0.2) is 18.7 Å². The van der Waals surface area contributed by atoms with Crippen molar-refractivity contribution in [3.05, 3.63) is 23.5 Å². The number of aromatic nitrogens is 2. The third-order valence-electron chi connectivity index (χ3n) is 4.16. The fourth-order valence-electron chi connectivity index (χ4n) is 3.00. The molecular weight excluding hydrogens is 294 g/mol. The van der Waals surface area contributed by atoms with Crippen molar-refractivity contribution < 1.29 is 4.74 Å². The molecule has 0 atom stereocenters. The highest BCUT2D eigenvalue weighted by Gasteiger charge is 2.14. The van der Waals surface area contributed by atoms with E-state index in [4.69, 9.17) is 4.74 Å². The van der Waals surface area contributed by atoms with E-state index < -0.39 is 0 Å². The first-order chi connectivity index (χ1) is 10.9. The number of nitrogens with one attached hydrogen (secondary N) is 1. The van der Waals surface area contributed by atoms with Crippen molar-refractivity contribution in [3.63, 3.8) is 0 Å². The monoisotopic (exact) mass is 317 g/mol. The van der Waals surface area contributed by atoms with E-state index in [1.165, 1.54) is 44.9 Å². The topological polar surface area (TPSA) is 47.0 Å². The Labute approximate surface area is 135 Å². The molecule has 3 rings (SSSR count). The Balaban J connectivity index is 1.80. The van der Waals surface area contributed by atoms with E-state index in [-0.39, 0.29) is 0 Å². The summed E-state index contributed by atoms with van der Waals surface area (Å²) in [5, 5.41) is 4.78. The highest BCUT2D eigenvalue weighted by atomic mass is 32.1. The fraction of sp³-hybridized carbons (Fsp3) is 0.529. The zero-order valence-corrected chi connectivity index (χ0v) is 13.9. The van der Waals surface area contributed by atoms with Crippen LogP contribution in [-0.2, 0) is 4.74 Å². The van der Waals surface area contributed by atoms with Crippen LogP contribution in [0.5, 0.6) is 0 Å². The van der Waals surface area contributed by atoms with E-state index in [9.17, 15) is 0 Å². The molecule has 2 aromatic heterocycles. The lowest BCUT2D eigenvalue weighted by Crippen LogP contribution is -2.21. The molecule has 1 saturated carbocycles. The average molecular weight is 317 g/mol. The second-order valence-electron chi connectivity index (χ2n) is 5.81. The molecule has 0 spiro atoms. The summed E-state index contributed by atoms with van der Waals surface area (Å²) in [5.41, 5.74) is 0. The number of hydrogen-bond acceptors (Lipinski definition) is 5. The van der Waals surface area contributed by atoms with Gasteiger partial charge >= 0.3 is 0 Å². The molecule has 5 heteroatoms. The van der Waals surface area contributed by atoms with Gasteiger partial charge in [-0.1, -0.05) is 32.1 Å². The van der Waals surface area contributed by atoms with Crippen molar-refractivity contribution in [1.29, 1.82) is 0 Å². The summed E-state index contributed by atoms with van der Waals surface area (Å²) >= 11 is 1.66. The smallest absolute Gasteiger partial charge is 0.138 e. The minimum absolute atomic E-state index is 0.538. The van der Waals surface area contributed by atoms with Crippen molar-refractivity contribution in [3.8, 4) is 0 Å². The second kappa shape index (κ2) is 7.58. The van der Waals surface area contributed by atoms with Gasteiger partial charge < -0.3 is 10.1 Å². The lowest BCUT2D eigenvalue weighted by atomic mass is 9.97. The first-order valence-corrected chi connectivity index (χ1v) is 8.89. The van der Waals surface area contributed by atoms with Gasteiger partial charge in [-0.3, -0.25) is 0 Å². The summed E-state index contributed by atoms with van der Waals surface area (Å²) in [6, 6.07) is 2.68. The number of thiophene rings is 1. The zero-order valence-electron chi connectivity index (χ0n) is 13.0. The lowest BCUT2D eigenvalue weighted by molar-refractivity contribution is 0.341. The molecule has 4 nitrogen and oxygen atoms in total. The molecule has 1 aliphatic carbocycles. The first-order valence-electron chi connectivity index (χ1n) is 8.07. The molecule has 1 fully saturated rings. The van der Waals surface area contributed by atoms with Crippen LogP contribution in [0.2, 0.25) is 0 Å². The quantitative estimate of drug-likeness (QED) is 0.820. The predicted octanol–water partition coefficient (Wildman–Crippen LogP) is 4.83. The van der Waals surface area contributed by atoms with Crippen molar-refractivity contribution in [2.24, 2.45) is 0 Å². The highest BCUT2D eigenvalue weighted by molar-refractivity contribution is 7.19. The van der Waals surface area contributed by atoms with Gasteiger partial charge in [0.1, 0.15) is 17.0 Å². The molecule has 118 valence electrons. The van der Waals surface area contributed by atoms with Crippen molar-refractivity contribution >= 4 is 33.4 Å². The van der Waals surface area contributed by atoms with Crippen LogP contribution in [0, 0.1) is 0 Å². The molecular formula is C17H23N3OS. The van der Waals surface area contributed by atoms with E-state index in [1.807, 2.05) is 6.08 Å². The van der Waals surface area contributed by atoms with Gasteiger partial charge in [0.2, 0.25) is 0 Å². The number of hydrogen-bond donors (Lipinski definition) is 1. The number of fused-ring (bicyclic) bond motifs is 1. The third-order valence-corrected chi connectivity index (χ3v) is 5.17. The largest absolute Gasteiger partial charge is 0.504 e.